The minimum Gasteiger partial charge on any atom is -0.490 e. The number of aliphatic hydroxyl groups excluding tert-OH is 1. The zero-order valence-corrected chi connectivity index (χ0v) is 15.9. The van der Waals surface area contributed by atoms with Crippen LogP contribution >= 0.6 is 0 Å². The fraction of sp³-hybridized carbons (Fsp3) is 0.250. The molecule has 4 nitrogen and oxygen atoms in total. The zero-order valence-electron chi connectivity index (χ0n) is 15.9. The lowest BCUT2D eigenvalue weighted by molar-refractivity contribution is -0.000289. The molecule has 1 aliphatic carbocycles. The second-order valence-corrected chi connectivity index (χ2v) is 6.91. The van der Waals surface area contributed by atoms with E-state index >= 15 is 0 Å². The van der Waals surface area contributed by atoms with Crippen molar-refractivity contribution >= 4 is 0 Å². The van der Waals surface area contributed by atoms with E-state index in [0.717, 1.165) is 18.8 Å². The average molecular weight is 376 g/mol. The minimum absolute atomic E-state index is 0.310. The number of hydrogen-bond donors (Lipinski definition) is 1. The van der Waals surface area contributed by atoms with E-state index in [4.69, 9.17) is 19.3 Å². The van der Waals surface area contributed by atoms with Crippen LogP contribution in [0, 0.1) is 0 Å². The molecule has 1 aliphatic heterocycles. The fourth-order valence-corrected chi connectivity index (χ4v) is 3.31. The Bertz CT molecular complexity index is 917. The molecule has 5 rings (SSSR count). The Kier molecular flexibility index (Phi) is 5.60. The number of hydrogen-bond acceptors (Lipinski definition) is 4. The fourth-order valence-electron chi connectivity index (χ4n) is 3.31. The number of para-hydroxylation sites is 1. The summed E-state index contributed by atoms with van der Waals surface area (Å²) in [5, 5.41) is 8.78. The Morgan fingerprint density at radius 1 is 0.964 bits per heavy atom. The van der Waals surface area contributed by atoms with E-state index in [9.17, 15) is 0 Å². The summed E-state index contributed by atoms with van der Waals surface area (Å²) in [5.41, 5.74) is 5.38. The summed E-state index contributed by atoms with van der Waals surface area (Å²) in [6.45, 7) is 3.09. The number of epoxide rings is 1. The lowest BCUT2D eigenvalue weighted by Gasteiger charge is -2.09. The standard InChI is InChI=1S/C16H14O2.C8H10O2/c1-2-5-13-11(4-1)8-15-14(13)6-3-7-16(15)18-10-12-9-17-12;1-7(9)10-8-5-3-2-4-6-8/h1-7,12H,8-10H2;2-7,9H,1H3. The predicted molar refractivity (Wildman–Crippen MR) is 109 cm³/mol. The highest BCUT2D eigenvalue weighted by atomic mass is 16.6. The Labute approximate surface area is 165 Å². The van der Waals surface area contributed by atoms with Crippen molar-refractivity contribution in [3.8, 4) is 22.6 Å². The van der Waals surface area contributed by atoms with Crippen molar-refractivity contribution in [3.05, 3.63) is 83.9 Å². The third kappa shape index (κ3) is 4.53. The third-order valence-electron chi connectivity index (χ3n) is 4.68. The molecule has 0 amide bonds. The summed E-state index contributed by atoms with van der Waals surface area (Å²) in [6.07, 6.45) is 0.555. The molecule has 28 heavy (non-hydrogen) atoms. The average Bonchev–Trinajstić information content (AvgIpc) is 3.46. The Morgan fingerprint density at radius 3 is 2.43 bits per heavy atom. The first kappa shape index (κ1) is 18.5. The Hall–Kier alpha value is -2.82. The lowest BCUT2D eigenvalue weighted by atomic mass is 10.1. The van der Waals surface area contributed by atoms with Crippen LogP contribution in [-0.2, 0) is 11.2 Å². The number of aliphatic hydroxyl groups is 1. The highest BCUT2D eigenvalue weighted by Gasteiger charge is 2.25. The largest absolute Gasteiger partial charge is 0.490 e. The van der Waals surface area contributed by atoms with Gasteiger partial charge in [-0.15, -0.1) is 0 Å². The molecule has 0 radical (unpaired) electrons. The zero-order chi connectivity index (χ0) is 19.3. The van der Waals surface area contributed by atoms with E-state index in [-0.39, 0.29) is 0 Å². The van der Waals surface area contributed by atoms with Gasteiger partial charge in [0.05, 0.1) is 6.61 Å². The highest BCUT2D eigenvalue weighted by molar-refractivity contribution is 5.78. The second-order valence-electron chi connectivity index (χ2n) is 6.91. The molecule has 2 atom stereocenters. The van der Waals surface area contributed by atoms with E-state index in [1.165, 1.54) is 22.3 Å². The molecule has 1 fully saturated rings. The van der Waals surface area contributed by atoms with Gasteiger partial charge in [0.25, 0.3) is 0 Å². The number of benzene rings is 3. The van der Waals surface area contributed by atoms with Gasteiger partial charge in [0.2, 0.25) is 0 Å². The molecule has 1 heterocycles. The predicted octanol–water partition coefficient (Wildman–Crippen LogP) is 4.44. The van der Waals surface area contributed by atoms with Crippen molar-refractivity contribution in [2.75, 3.05) is 13.2 Å². The van der Waals surface area contributed by atoms with Gasteiger partial charge in [-0.25, -0.2) is 0 Å². The van der Waals surface area contributed by atoms with Crippen molar-refractivity contribution in [3.63, 3.8) is 0 Å². The quantitative estimate of drug-likeness (QED) is 0.413. The molecule has 3 aromatic carbocycles. The van der Waals surface area contributed by atoms with Crippen LogP contribution in [0.25, 0.3) is 11.1 Å². The van der Waals surface area contributed by atoms with Gasteiger partial charge < -0.3 is 19.3 Å². The number of rotatable bonds is 5. The van der Waals surface area contributed by atoms with Crippen LogP contribution in [0.1, 0.15) is 18.1 Å². The summed E-state index contributed by atoms with van der Waals surface area (Å²) in [5.74, 6) is 1.71. The van der Waals surface area contributed by atoms with Crippen LogP contribution in [0.2, 0.25) is 0 Å². The van der Waals surface area contributed by atoms with Gasteiger partial charge in [0.1, 0.15) is 24.2 Å². The van der Waals surface area contributed by atoms with Crippen LogP contribution in [0.3, 0.4) is 0 Å². The van der Waals surface area contributed by atoms with Gasteiger partial charge in [-0.05, 0) is 41.8 Å². The SMILES string of the molecule is CC(O)Oc1ccccc1.c1ccc2c(c1)Cc1c(OCC3CO3)cccc1-2. The monoisotopic (exact) mass is 376 g/mol. The van der Waals surface area contributed by atoms with E-state index < -0.39 is 6.29 Å². The van der Waals surface area contributed by atoms with Crippen LogP contribution in [0.5, 0.6) is 11.5 Å². The molecule has 0 saturated carbocycles. The van der Waals surface area contributed by atoms with Crippen LogP contribution < -0.4 is 9.47 Å². The number of ether oxygens (including phenoxy) is 3. The summed E-state index contributed by atoms with van der Waals surface area (Å²) < 4.78 is 16.0. The van der Waals surface area contributed by atoms with Crippen LogP contribution in [0.4, 0.5) is 0 Å². The van der Waals surface area contributed by atoms with Gasteiger partial charge in [-0.3, -0.25) is 0 Å². The van der Waals surface area contributed by atoms with Gasteiger partial charge in [-0.1, -0.05) is 54.6 Å². The van der Waals surface area contributed by atoms with Crippen molar-refractivity contribution < 1.29 is 19.3 Å². The topological polar surface area (TPSA) is 51.2 Å². The molecule has 144 valence electrons. The molecule has 0 spiro atoms. The van der Waals surface area contributed by atoms with Gasteiger partial charge in [0.15, 0.2) is 6.29 Å². The van der Waals surface area contributed by atoms with E-state index in [1.807, 2.05) is 18.2 Å². The van der Waals surface area contributed by atoms with Gasteiger partial charge in [0, 0.05) is 12.0 Å². The first-order chi connectivity index (χ1) is 13.7. The smallest absolute Gasteiger partial charge is 0.194 e. The second kappa shape index (κ2) is 8.46. The molecule has 1 saturated heterocycles. The van der Waals surface area contributed by atoms with E-state index in [0.29, 0.717) is 18.5 Å². The maximum Gasteiger partial charge on any atom is 0.194 e. The van der Waals surface area contributed by atoms with Crippen molar-refractivity contribution in [1.29, 1.82) is 0 Å². The van der Waals surface area contributed by atoms with Gasteiger partial charge in [-0.2, -0.15) is 0 Å². The molecule has 2 aliphatic rings. The van der Waals surface area contributed by atoms with E-state index in [2.05, 4.69) is 42.5 Å². The van der Waals surface area contributed by atoms with E-state index in [1.54, 1.807) is 19.1 Å². The van der Waals surface area contributed by atoms with Crippen molar-refractivity contribution in [2.45, 2.75) is 25.7 Å². The lowest BCUT2D eigenvalue weighted by Crippen LogP contribution is -2.08. The summed E-state index contributed by atoms with van der Waals surface area (Å²) in [4.78, 5) is 0. The Balaban J connectivity index is 0.000000165. The first-order valence-corrected chi connectivity index (χ1v) is 9.55. The van der Waals surface area contributed by atoms with Crippen molar-refractivity contribution in [1.82, 2.24) is 0 Å². The van der Waals surface area contributed by atoms with Crippen molar-refractivity contribution in [2.24, 2.45) is 0 Å². The molecule has 2 unspecified atom stereocenters. The van der Waals surface area contributed by atoms with Crippen LogP contribution in [0.15, 0.2) is 72.8 Å². The molecular formula is C24H24O4. The van der Waals surface area contributed by atoms with Gasteiger partial charge >= 0.3 is 0 Å². The third-order valence-corrected chi connectivity index (χ3v) is 4.68. The molecule has 0 aromatic heterocycles. The summed E-state index contributed by atoms with van der Waals surface area (Å²) >= 11 is 0. The molecule has 0 bridgehead atoms. The molecule has 1 N–H and O–H groups in total. The minimum atomic E-state index is -0.734. The summed E-state index contributed by atoms with van der Waals surface area (Å²) in [7, 11) is 0. The Morgan fingerprint density at radius 2 is 1.68 bits per heavy atom. The summed E-state index contributed by atoms with van der Waals surface area (Å²) in [6, 6.07) is 24.1. The number of fused-ring (bicyclic) bond motifs is 3. The molecule has 4 heteroatoms. The normalized spacial score (nSPS) is 16.9. The highest BCUT2D eigenvalue weighted by Crippen LogP contribution is 2.41. The molecular weight excluding hydrogens is 352 g/mol. The maximum absolute atomic E-state index is 8.78. The maximum atomic E-state index is 8.78. The molecule has 3 aromatic rings. The van der Waals surface area contributed by atoms with Crippen LogP contribution in [-0.4, -0.2) is 30.7 Å². The first-order valence-electron chi connectivity index (χ1n) is 9.55.